The van der Waals surface area contributed by atoms with Gasteiger partial charge in [-0.05, 0) is 130 Å². The van der Waals surface area contributed by atoms with Crippen LogP contribution in [0.25, 0.3) is 0 Å². The van der Waals surface area contributed by atoms with Crippen molar-refractivity contribution in [2.24, 2.45) is 5.41 Å². The molecule has 2 fully saturated rings. The number of carbonyl (C=O) groups is 4. The summed E-state index contributed by atoms with van der Waals surface area (Å²) in [6.45, 7) is 11.0. The van der Waals surface area contributed by atoms with E-state index in [-0.39, 0.29) is 42.4 Å². The third-order valence-corrected chi connectivity index (χ3v) is 11.6. The normalized spacial score (nSPS) is 16.5. The SMILES string of the molecule is CC(C)(C)C(NC(=O)COCCCOCCCCCOc1ccc(N2C(=S)N(c3ccc(C#N)c(C(F)(F)F)c3)C(=O)C2(C)C)cc1)C(=O)N1CCC[C@H]1C(=O)NCc1ccc(C#N)cc1. The fourth-order valence-electron chi connectivity index (χ4n) is 7.68. The average molecular weight is 932 g/mol. The number of carbonyl (C=O) groups excluding carboxylic acids is 4. The van der Waals surface area contributed by atoms with Gasteiger partial charge in [0.25, 0.3) is 5.91 Å². The highest BCUT2D eigenvalue weighted by molar-refractivity contribution is 7.81. The molecule has 2 heterocycles. The van der Waals surface area contributed by atoms with Gasteiger partial charge in [-0.15, -0.1) is 0 Å². The Morgan fingerprint density at radius 3 is 2.18 bits per heavy atom. The third-order valence-electron chi connectivity index (χ3n) is 11.3. The minimum atomic E-state index is -4.79. The molecule has 66 heavy (non-hydrogen) atoms. The molecule has 3 aromatic rings. The summed E-state index contributed by atoms with van der Waals surface area (Å²) in [5.74, 6) is -0.935. The molecule has 14 nitrogen and oxygen atoms in total. The Morgan fingerprint density at radius 1 is 0.879 bits per heavy atom. The number of nitriles is 2. The number of hydrogen-bond donors (Lipinski definition) is 2. The molecule has 0 aromatic heterocycles. The number of benzene rings is 3. The quantitative estimate of drug-likeness (QED) is 0.0867. The number of hydrogen-bond acceptors (Lipinski definition) is 10. The zero-order valence-corrected chi connectivity index (χ0v) is 38.7. The van der Waals surface area contributed by atoms with Crippen LogP contribution < -0.4 is 25.2 Å². The number of nitrogens with one attached hydrogen (secondary N) is 2. The number of ether oxygens (including phenoxy) is 3. The fraction of sp³-hybridized carbons (Fsp3) is 0.479. The van der Waals surface area contributed by atoms with Crippen molar-refractivity contribution >= 4 is 52.3 Å². The van der Waals surface area contributed by atoms with Crippen molar-refractivity contribution in [1.82, 2.24) is 15.5 Å². The zero-order chi connectivity index (χ0) is 48.2. The van der Waals surface area contributed by atoms with Gasteiger partial charge in [-0.2, -0.15) is 23.7 Å². The Kier molecular flexibility index (Phi) is 17.3. The van der Waals surface area contributed by atoms with Crippen molar-refractivity contribution in [3.05, 3.63) is 89.0 Å². The molecule has 3 aromatic carbocycles. The standard InChI is InChI=1S/C48H56F3N7O7S/c1-46(2,3)41(43(61)56-22-9-11-39(56)42(60)54-30-33-14-12-32(28-52)13-15-33)55-40(59)31-64-25-10-24-63-23-7-6-8-26-65-37-20-18-35(19-21-37)58-45(66)57(44(62)47(58,4)5)36-17-16-34(29-53)38(27-36)48(49,50)51/h12-21,27,39,41H,6-11,22-26,30-31H2,1-5H3,(H,54,60)(H,55,59)/t39-,41?/m0/s1. The van der Waals surface area contributed by atoms with E-state index in [0.29, 0.717) is 62.6 Å². The number of alkyl halides is 3. The van der Waals surface area contributed by atoms with Crippen LogP contribution in [0.15, 0.2) is 66.7 Å². The number of thiocarbonyl (C=S) groups is 1. The Hall–Kier alpha value is -6.08. The van der Waals surface area contributed by atoms with E-state index in [1.807, 2.05) is 20.8 Å². The molecule has 4 amide bonds. The summed E-state index contributed by atoms with van der Waals surface area (Å²) in [5, 5.41) is 23.9. The maximum atomic E-state index is 13.8. The predicted octanol–water partition coefficient (Wildman–Crippen LogP) is 7.18. The summed E-state index contributed by atoms with van der Waals surface area (Å²) in [7, 11) is 0. The Bertz CT molecular complexity index is 2310. The van der Waals surface area contributed by atoms with Gasteiger partial charge >= 0.3 is 6.18 Å². The third kappa shape index (κ3) is 12.8. The van der Waals surface area contributed by atoms with E-state index in [1.165, 1.54) is 6.07 Å². The molecule has 2 N–H and O–H groups in total. The van der Waals surface area contributed by atoms with E-state index >= 15 is 0 Å². The lowest BCUT2D eigenvalue weighted by Crippen LogP contribution is -2.58. The number of unbranched alkanes of at least 4 members (excludes halogenated alkanes) is 2. The molecular formula is C48H56F3N7O7S. The van der Waals surface area contributed by atoms with Gasteiger partial charge in [-0.25, -0.2) is 0 Å². The number of rotatable bonds is 20. The number of nitrogens with zero attached hydrogens (tertiary/aromatic N) is 5. The summed E-state index contributed by atoms with van der Waals surface area (Å²) in [6, 6.07) is 19.0. The minimum absolute atomic E-state index is 0.00386. The van der Waals surface area contributed by atoms with Crippen LogP contribution >= 0.6 is 12.2 Å². The highest BCUT2D eigenvalue weighted by atomic mass is 32.1. The van der Waals surface area contributed by atoms with Gasteiger partial charge in [-0.3, -0.25) is 24.1 Å². The van der Waals surface area contributed by atoms with Crippen LogP contribution in [0, 0.1) is 28.1 Å². The van der Waals surface area contributed by atoms with E-state index < -0.39 is 52.2 Å². The Balaban J connectivity index is 0.954. The second-order valence-corrected chi connectivity index (χ2v) is 18.0. The summed E-state index contributed by atoms with van der Waals surface area (Å²) in [6.07, 6.45) is -0.616. The van der Waals surface area contributed by atoms with Crippen molar-refractivity contribution in [3.63, 3.8) is 0 Å². The average Bonchev–Trinajstić information content (AvgIpc) is 3.84. The predicted molar refractivity (Wildman–Crippen MR) is 244 cm³/mol. The van der Waals surface area contributed by atoms with Crippen LogP contribution in [0.4, 0.5) is 24.5 Å². The van der Waals surface area contributed by atoms with E-state index in [9.17, 15) is 37.6 Å². The Morgan fingerprint density at radius 2 is 1.53 bits per heavy atom. The molecular weight excluding hydrogens is 876 g/mol. The van der Waals surface area contributed by atoms with Gasteiger partial charge in [0.2, 0.25) is 17.7 Å². The van der Waals surface area contributed by atoms with E-state index in [0.717, 1.165) is 41.9 Å². The first kappa shape index (κ1) is 50.9. The van der Waals surface area contributed by atoms with Gasteiger partial charge in [0.15, 0.2) is 5.11 Å². The molecule has 18 heteroatoms. The van der Waals surface area contributed by atoms with Gasteiger partial charge in [0.1, 0.15) is 30.0 Å². The van der Waals surface area contributed by atoms with Gasteiger partial charge in [-0.1, -0.05) is 32.9 Å². The zero-order valence-electron chi connectivity index (χ0n) is 37.8. The summed E-state index contributed by atoms with van der Waals surface area (Å²) >= 11 is 5.62. The van der Waals surface area contributed by atoms with Crippen molar-refractivity contribution < 1.29 is 46.6 Å². The van der Waals surface area contributed by atoms with Crippen LogP contribution in [0.3, 0.4) is 0 Å². The highest BCUT2D eigenvalue weighted by Crippen LogP contribution is 2.40. The lowest BCUT2D eigenvalue weighted by Gasteiger charge is -2.35. The molecule has 2 saturated heterocycles. The van der Waals surface area contributed by atoms with Gasteiger partial charge in [0, 0.05) is 38.6 Å². The lowest BCUT2D eigenvalue weighted by molar-refractivity contribution is -0.144. The maximum Gasteiger partial charge on any atom is 0.417 e. The molecule has 352 valence electrons. The van der Waals surface area contributed by atoms with Gasteiger partial charge in [0.05, 0.1) is 41.1 Å². The second kappa shape index (κ2) is 22.4. The number of halogens is 3. The van der Waals surface area contributed by atoms with Crippen LogP contribution in [-0.4, -0.2) is 90.8 Å². The first-order chi connectivity index (χ1) is 31.3. The molecule has 0 saturated carbocycles. The first-order valence-electron chi connectivity index (χ1n) is 21.8. The largest absolute Gasteiger partial charge is 0.494 e. The van der Waals surface area contributed by atoms with Crippen molar-refractivity contribution in [2.75, 3.05) is 49.4 Å². The lowest BCUT2D eigenvalue weighted by atomic mass is 9.85. The molecule has 0 radical (unpaired) electrons. The molecule has 0 bridgehead atoms. The van der Waals surface area contributed by atoms with Crippen LogP contribution in [0.1, 0.15) is 95.4 Å². The molecule has 1 unspecified atom stereocenters. The minimum Gasteiger partial charge on any atom is -0.494 e. The topological polar surface area (TPSA) is 177 Å². The van der Waals surface area contributed by atoms with E-state index in [2.05, 4.69) is 16.7 Å². The van der Waals surface area contributed by atoms with Crippen LogP contribution in [0.2, 0.25) is 0 Å². The summed E-state index contributed by atoms with van der Waals surface area (Å²) < 4.78 is 58.3. The number of amides is 4. The number of anilines is 2. The molecule has 2 aliphatic heterocycles. The first-order valence-corrected chi connectivity index (χ1v) is 22.2. The highest BCUT2D eigenvalue weighted by Gasteiger charge is 2.51. The van der Waals surface area contributed by atoms with Crippen molar-refractivity contribution in [3.8, 4) is 17.9 Å². The van der Waals surface area contributed by atoms with E-state index in [4.69, 9.17) is 31.7 Å². The Labute approximate surface area is 388 Å². The molecule has 5 rings (SSSR count). The van der Waals surface area contributed by atoms with Crippen molar-refractivity contribution in [1.29, 1.82) is 10.5 Å². The summed E-state index contributed by atoms with van der Waals surface area (Å²) in [4.78, 5) is 57.5. The maximum absolute atomic E-state index is 13.8. The van der Waals surface area contributed by atoms with Crippen molar-refractivity contribution in [2.45, 2.75) is 103 Å². The van der Waals surface area contributed by atoms with Crippen LogP contribution in [0.5, 0.6) is 5.75 Å². The van der Waals surface area contributed by atoms with Gasteiger partial charge < -0.3 is 34.6 Å². The second-order valence-electron chi connectivity index (χ2n) is 17.7. The number of likely N-dealkylation sites (tertiary alicyclic amines) is 1. The molecule has 2 aliphatic rings. The monoisotopic (exact) mass is 931 g/mol. The smallest absolute Gasteiger partial charge is 0.417 e. The molecule has 0 spiro atoms. The molecule has 0 aliphatic carbocycles. The van der Waals surface area contributed by atoms with Crippen LogP contribution in [-0.2, 0) is 41.4 Å². The molecule has 2 atom stereocenters. The van der Waals surface area contributed by atoms with E-state index in [1.54, 1.807) is 78.2 Å². The fourth-order valence-corrected chi connectivity index (χ4v) is 8.20. The summed E-state index contributed by atoms with van der Waals surface area (Å²) in [5.41, 5.74) is -1.71.